The highest BCUT2D eigenvalue weighted by Gasteiger charge is 2.28. The standard InChI is InChI=1S/C43H25N3S/c1-3-11-28(12-4-1)41-44-42(29-13-5-2-6-14-29)46-43(45-41)30-23-21-27(22-24-30)38-39-33-19-10-16-26-15-9-18-31(37(26)33)34(39)25-36-40(38)32-17-7-8-20-35(32)47-36/h1-25H. The zero-order chi connectivity index (χ0) is 30.9. The van der Waals surface area contributed by atoms with Gasteiger partial charge in [0.15, 0.2) is 17.5 Å². The van der Waals surface area contributed by atoms with Crippen LogP contribution in [0.25, 0.3) is 98.5 Å². The predicted octanol–water partition coefficient (Wildman–Crippen LogP) is 11.7. The van der Waals surface area contributed by atoms with Crippen molar-refractivity contribution in [1.82, 2.24) is 15.0 Å². The molecular weight excluding hydrogens is 591 g/mol. The van der Waals surface area contributed by atoms with Crippen LogP contribution >= 0.6 is 11.3 Å². The van der Waals surface area contributed by atoms with Gasteiger partial charge in [0.25, 0.3) is 0 Å². The van der Waals surface area contributed by atoms with Crippen molar-refractivity contribution < 1.29 is 0 Å². The average Bonchev–Trinajstić information content (AvgIpc) is 3.68. The lowest BCUT2D eigenvalue weighted by Gasteiger charge is -2.14. The molecule has 0 spiro atoms. The number of nitrogens with zero attached hydrogens (tertiary/aromatic N) is 3. The molecule has 218 valence electrons. The number of fused-ring (bicyclic) bond motifs is 6. The van der Waals surface area contributed by atoms with Crippen molar-refractivity contribution in [2.75, 3.05) is 0 Å². The van der Waals surface area contributed by atoms with Crippen molar-refractivity contribution >= 4 is 42.3 Å². The average molecular weight is 616 g/mol. The highest BCUT2D eigenvalue weighted by molar-refractivity contribution is 7.26. The third kappa shape index (κ3) is 4.09. The van der Waals surface area contributed by atoms with Crippen LogP contribution in [0.5, 0.6) is 0 Å². The van der Waals surface area contributed by atoms with Crippen molar-refractivity contribution in [2.45, 2.75) is 0 Å². The Kier molecular flexibility index (Phi) is 5.74. The van der Waals surface area contributed by atoms with E-state index in [1.807, 2.05) is 72.0 Å². The molecule has 1 aliphatic rings. The molecule has 10 rings (SSSR count). The maximum absolute atomic E-state index is 4.97. The van der Waals surface area contributed by atoms with Crippen LogP contribution < -0.4 is 0 Å². The van der Waals surface area contributed by atoms with Crippen molar-refractivity contribution in [3.05, 3.63) is 152 Å². The summed E-state index contributed by atoms with van der Waals surface area (Å²) in [5, 5.41) is 5.25. The number of thiophene rings is 1. The lowest BCUT2D eigenvalue weighted by atomic mass is 9.89. The maximum atomic E-state index is 4.97. The van der Waals surface area contributed by atoms with Crippen LogP contribution in [0.4, 0.5) is 0 Å². The lowest BCUT2D eigenvalue weighted by molar-refractivity contribution is 1.07. The highest BCUT2D eigenvalue weighted by atomic mass is 32.1. The van der Waals surface area contributed by atoms with Crippen molar-refractivity contribution in [2.24, 2.45) is 0 Å². The van der Waals surface area contributed by atoms with Crippen LogP contribution in [-0.4, -0.2) is 15.0 Å². The zero-order valence-corrected chi connectivity index (χ0v) is 26.0. The molecule has 0 saturated carbocycles. The molecule has 0 atom stereocenters. The summed E-state index contributed by atoms with van der Waals surface area (Å²) in [7, 11) is 0. The van der Waals surface area contributed by atoms with Crippen molar-refractivity contribution in [3.8, 4) is 67.5 Å². The number of hydrogen-bond acceptors (Lipinski definition) is 4. The van der Waals surface area contributed by atoms with Crippen molar-refractivity contribution in [3.63, 3.8) is 0 Å². The third-order valence-corrected chi connectivity index (χ3v) is 10.4. The molecule has 0 unspecified atom stereocenters. The summed E-state index contributed by atoms with van der Waals surface area (Å²) in [6.45, 7) is 0. The van der Waals surface area contributed by atoms with E-state index in [4.69, 9.17) is 15.0 Å². The molecule has 4 heteroatoms. The van der Waals surface area contributed by atoms with E-state index in [1.165, 1.54) is 64.3 Å². The molecule has 2 aromatic heterocycles. The van der Waals surface area contributed by atoms with Gasteiger partial charge in [0, 0.05) is 36.9 Å². The Labute approximate surface area is 275 Å². The van der Waals surface area contributed by atoms with E-state index in [2.05, 4.69) is 91.0 Å². The quantitative estimate of drug-likeness (QED) is 0.198. The number of hydrogen-bond donors (Lipinski definition) is 0. The first kappa shape index (κ1) is 26.3. The van der Waals surface area contributed by atoms with Crippen LogP contribution in [0.2, 0.25) is 0 Å². The summed E-state index contributed by atoms with van der Waals surface area (Å²) >= 11 is 1.88. The first-order valence-electron chi connectivity index (χ1n) is 15.8. The van der Waals surface area contributed by atoms with Gasteiger partial charge in [0.1, 0.15) is 0 Å². The lowest BCUT2D eigenvalue weighted by Crippen LogP contribution is -2.00. The second kappa shape index (κ2) is 10.3. The van der Waals surface area contributed by atoms with Crippen LogP contribution in [0.3, 0.4) is 0 Å². The van der Waals surface area contributed by atoms with Gasteiger partial charge in [-0.15, -0.1) is 11.3 Å². The fourth-order valence-electron chi connectivity index (χ4n) is 7.17. The van der Waals surface area contributed by atoms with Gasteiger partial charge in [-0.05, 0) is 56.3 Å². The normalized spacial score (nSPS) is 11.8. The first-order valence-corrected chi connectivity index (χ1v) is 16.6. The smallest absolute Gasteiger partial charge is 0.164 e. The van der Waals surface area contributed by atoms with Gasteiger partial charge < -0.3 is 0 Å². The van der Waals surface area contributed by atoms with Gasteiger partial charge in [0.2, 0.25) is 0 Å². The Morgan fingerprint density at radius 1 is 0.362 bits per heavy atom. The van der Waals surface area contributed by atoms with Crippen LogP contribution in [0, 0.1) is 0 Å². The Balaban J connectivity index is 1.19. The van der Waals surface area contributed by atoms with Gasteiger partial charge >= 0.3 is 0 Å². The summed E-state index contributed by atoms with van der Waals surface area (Å²) in [6, 6.07) is 53.7. The Hall–Kier alpha value is -5.97. The predicted molar refractivity (Wildman–Crippen MR) is 196 cm³/mol. The molecule has 0 radical (unpaired) electrons. The van der Waals surface area contributed by atoms with E-state index in [-0.39, 0.29) is 0 Å². The van der Waals surface area contributed by atoms with Gasteiger partial charge in [-0.25, -0.2) is 15.0 Å². The number of rotatable bonds is 4. The second-order valence-corrected chi connectivity index (χ2v) is 13.1. The highest BCUT2D eigenvalue weighted by Crippen LogP contribution is 2.55. The van der Waals surface area contributed by atoms with E-state index >= 15 is 0 Å². The summed E-state index contributed by atoms with van der Waals surface area (Å²) in [6.07, 6.45) is 0. The molecule has 0 N–H and O–H groups in total. The largest absolute Gasteiger partial charge is 0.208 e. The SMILES string of the molecule is c1ccc(-c2nc(-c3ccccc3)nc(-c3ccc(-c4c5c(cc6sc7ccccc7c46)-c4cccc6cccc-5c46)cc3)n2)cc1. The minimum absolute atomic E-state index is 0.658. The van der Waals surface area contributed by atoms with Gasteiger partial charge in [-0.3, -0.25) is 0 Å². The molecule has 47 heavy (non-hydrogen) atoms. The fraction of sp³-hybridized carbons (Fsp3) is 0. The van der Waals surface area contributed by atoms with Gasteiger partial charge in [0.05, 0.1) is 0 Å². The van der Waals surface area contributed by atoms with Gasteiger partial charge in [-0.1, -0.05) is 140 Å². The maximum Gasteiger partial charge on any atom is 0.164 e. The Morgan fingerprint density at radius 3 is 1.57 bits per heavy atom. The fourth-order valence-corrected chi connectivity index (χ4v) is 8.32. The summed E-state index contributed by atoms with van der Waals surface area (Å²) < 4.78 is 2.62. The minimum Gasteiger partial charge on any atom is -0.208 e. The first-order chi connectivity index (χ1) is 23.3. The molecule has 0 bridgehead atoms. The van der Waals surface area contributed by atoms with Gasteiger partial charge in [-0.2, -0.15) is 0 Å². The van der Waals surface area contributed by atoms with Crippen molar-refractivity contribution in [1.29, 1.82) is 0 Å². The topological polar surface area (TPSA) is 38.7 Å². The monoisotopic (exact) mass is 615 g/mol. The number of benzene rings is 7. The molecular formula is C43H25N3S. The zero-order valence-electron chi connectivity index (χ0n) is 25.2. The number of aromatic nitrogens is 3. The van der Waals surface area contributed by atoms with Crippen LogP contribution in [-0.2, 0) is 0 Å². The molecule has 2 heterocycles. The summed E-state index contributed by atoms with van der Waals surface area (Å²) in [5.74, 6) is 1.99. The summed E-state index contributed by atoms with van der Waals surface area (Å²) in [4.78, 5) is 14.8. The minimum atomic E-state index is 0.658. The molecule has 0 aliphatic heterocycles. The molecule has 9 aromatic rings. The molecule has 7 aromatic carbocycles. The molecule has 0 amide bonds. The molecule has 0 fully saturated rings. The Morgan fingerprint density at radius 2 is 0.915 bits per heavy atom. The van der Waals surface area contributed by atoms with E-state index in [0.717, 1.165) is 16.7 Å². The molecule has 3 nitrogen and oxygen atoms in total. The van der Waals surface area contributed by atoms with E-state index in [1.54, 1.807) is 0 Å². The summed E-state index contributed by atoms with van der Waals surface area (Å²) in [5.41, 5.74) is 10.6. The second-order valence-electron chi connectivity index (χ2n) is 12.0. The molecule has 0 saturated heterocycles. The van der Waals surface area contributed by atoms with E-state index in [0.29, 0.717) is 17.5 Å². The third-order valence-electron chi connectivity index (χ3n) is 9.26. The molecule has 1 aliphatic carbocycles. The van der Waals surface area contributed by atoms with E-state index in [9.17, 15) is 0 Å². The van der Waals surface area contributed by atoms with Crippen LogP contribution in [0.1, 0.15) is 0 Å². The van der Waals surface area contributed by atoms with E-state index < -0.39 is 0 Å². The Bertz CT molecular complexity index is 2600. The van der Waals surface area contributed by atoms with Crippen LogP contribution in [0.15, 0.2) is 152 Å².